The zero-order chi connectivity index (χ0) is 15.7. The number of hydrogen-bond donors (Lipinski definition) is 0. The lowest BCUT2D eigenvalue weighted by Gasteiger charge is -2.20. The van der Waals surface area contributed by atoms with Crippen molar-refractivity contribution >= 4 is 21.4 Å². The van der Waals surface area contributed by atoms with Crippen LogP contribution in [-0.4, -0.2) is 33.0 Å². The zero-order valence-corrected chi connectivity index (χ0v) is 14.0. The summed E-state index contributed by atoms with van der Waals surface area (Å²) in [4.78, 5) is 0.978. The molecule has 1 aliphatic rings. The normalized spacial score (nSPS) is 14.3. The number of thiophene rings is 1. The standard InChI is InChI=1S/C15H17NO4S2/c1-11-3-6-15(21-11)22(17,18)16(2)10-12-4-5-13-14(9-12)20-8-7-19-13/h3-6,9H,7-8,10H2,1-2H3. The molecule has 0 unspecified atom stereocenters. The number of hydrogen-bond acceptors (Lipinski definition) is 5. The van der Waals surface area contributed by atoms with Crippen LogP contribution in [0, 0.1) is 6.92 Å². The Kier molecular flexibility index (Phi) is 4.12. The quantitative estimate of drug-likeness (QED) is 0.859. The molecule has 0 bridgehead atoms. The van der Waals surface area contributed by atoms with Crippen molar-refractivity contribution in [3.8, 4) is 11.5 Å². The lowest BCUT2D eigenvalue weighted by Crippen LogP contribution is -2.26. The molecule has 1 aromatic carbocycles. The third-order valence-electron chi connectivity index (χ3n) is 3.39. The summed E-state index contributed by atoms with van der Waals surface area (Å²) in [6.45, 7) is 3.23. The first-order valence-electron chi connectivity index (χ1n) is 6.88. The summed E-state index contributed by atoms with van der Waals surface area (Å²) >= 11 is 1.28. The zero-order valence-electron chi connectivity index (χ0n) is 12.4. The molecule has 2 aromatic rings. The van der Waals surface area contributed by atoms with Crippen molar-refractivity contribution in [3.63, 3.8) is 0 Å². The predicted molar refractivity (Wildman–Crippen MR) is 85.1 cm³/mol. The van der Waals surface area contributed by atoms with Crippen molar-refractivity contribution in [2.45, 2.75) is 17.7 Å². The number of rotatable bonds is 4. The fraction of sp³-hybridized carbons (Fsp3) is 0.333. The fourth-order valence-electron chi connectivity index (χ4n) is 2.23. The molecule has 22 heavy (non-hydrogen) atoms. The minimum atomic E-state index is -3.46. The van der Waals surface area contributed by atoms with E-state index in [4.69, 9.17) is 9.47 Å². The highest BCUT2D eigenvalue weighted by Gasteiger charge is 2.23. The van der Waals surface area contributed by atoms with Crippen LogP contribution >= 0.6 is 11.3 Å². The maximum atomic E-state index is 12.5. The number of fused-ring (bicyclic) bond motifs is 1. The highest BCUT2D eigenvalue weighted by molar-refractivity contribution is 7.91. The Morgan fingerprint density at radius 1 is 1.14 bits per heavy atom. The highest BCUT2D eigenvalue weighted by Crippen LogP contribution is 2.32. The molecule has 1 aromatic heterocycles. The van der Waals surface area contributed by atoms with Gasteiger partial charge < -0.3 is 9.47 Å². The Labute approximate surface area is 134 Å². The summed E-state index contributed by atoms with van der Waals surface area (Å²) in [5.41, 5.74) is 0.864. The van der Waals surface area contributed by atoms with E-state index in [9.17, 15) is 8.42 Å². The van der Waals surface area contributed by atoms with Crippen LogP contribution in [0.4, 0.5) is 0 Å². The summed E-state index contributed by atoms with van der Waals surface area (Å²) in [5, 5.41) is 0. The highest BCUT2D eigenvalue weighted by atomic mass is 32.2. The predicted octanol–water partition coefficient (Wildman–Crippen LogP) is 2.65. The maximum Gasteiger partial charge on any atom is 0.252 e. The van der Waals surface area contributed by atoms with Gasteiger partial charge in [-0.2, -0.15) is 4.31 Å². The second-order valence-corrected chi connectivity index (χ2v) is 8.66. The summed E-state index contributed by atoms with van der Waals surface area (Å²) in [7, 11) is -1.87. The minimum Gasteiger partial charge on any atom is -0.486 e. The third-order valence-corrected chi connectivity index (χ3v) is 6.66. The van der Waals surface area contributed by atoms with Crippen molar-refractivity contribution in [1.29, 1.82) is 0 Å². The number of ether oxygens (including phenoxy) is 2. The van der Waals surface area contributed by atoms with E-state index < -0.39 is 10.0 Å². The molecule has 5 nitrogen and oxygen atoms in total. The summed E-state index contributed by atoms with van der Waals surface area (Å²) < 4.78 is 37.8. The van der Waals surface area contributed by atoms with Gasteiger partial charge >= 0.3 is 0 Å². The van der Waals surface area contributed by atoms with Gasteiger partial charge in [-0.05, 0) is 36.8 Å². The molecule has 0 saturated carbocycles. The number of nitrogens with zero attached hydrogens (tertiary/aromatic N) is 1. The summed E-state index contributed by atoms with van der Waals surface area (Å²) in [5.74, 6) is 1.37. The van der Waals surface area contributed by atoms with Crippen molar-refractivity contribution < 1.29 is 17.9 Å². The van der Waals surface area contributed by atoms with E-state index in [0.29, 0.717) is 28.9 Å². The minimum absolute atomic E-state index is 0.288. The van der Waals surface area contributed by atoms with Gasteiger partial charge in [0.1, 0.15) is 17.4 Å². The lowest BCUT2D eigenvalue weighted by molar-refractivity contribution is 0.171. The Hall–Kier alpha value is -1.57. The molecule has 7 heteroatoms. The smallest absolute Gasteiger partial charge is 0.252 e. The van der Waals surface area contributed by atoms with Crippen LogP contribution in [0.15, 0.2) is 34.5 Å². The Bertz CT molecular complexity index is 783. The van der Waals surface area contributed by atoms with Crippen LogP contribution in [-0.2, 0) is 16.6 Å². The molecule has 0 aliphatic carbocycles. The molecule has 1 aliphatic heterocycles. The summed E-state index contributed by atoms with van der Waals surface area (Å²) in [6, 6.07) is 8.98. The van der Waals surface area contributed by atoms with Gasteiger partial charge in [-0.15, -0.1) is 11.3 Å². The maximum absolute atomic E-state index is 12.5. The van der Waals surface area contributed by atoms with Crippen molar-refractivity contribution in [3.05, 3.63) is 40.8 Å². The number of sulfonamides is 1. The first kappa shape index (κ1) is 15.3. The topological polar surface area (TPSA) is 55.8 Å². The molecule has 0 atom stereocenters. The van der Waals surface area contributed by atoms with Crippen LogP contribution in [0.3, 0.4) is 0 Å². The van der Waals surface area contributed by atoms with Gasteiger partial charge in [0.2, 0.25) is 0 Å². The molecule has 118 valence electrons. The molecule has 0 amide bonds. The van der Waals surface area contributed by atoms with E-state index in [1.807, 2.05) is 31.2 Å². The van der Waals surface area contributed by atoms with E-state index in [0.717, 1.165) is 10.4 Å². The van der Waals surface area contributed by atoms with Crippen LogP contribution in [0.5, 0.6) is 11.5 Å². The van der Waals surface area contributed by atoms with Crippen molar-refractivity contribution in [2.75, 3.05) is 20.3 Å². The molecular weight excluding hydrogens is 322 g/mol. The van der Waals surface area contributed by atoms with Crippen molar-refractivity contribution in [1.82, 2.24) is 4.31 Å². The van der Waals surface area contributed by atoms with Gasteiger partial charge in [0.15, 0.2) is 11.5 Å². The van der Waals surface area contributed by atoms with Gasteiger partial charge in [0.25, 0.3) is 10.0 Å². The summed E-state index contributed by atoms with van der Waals surface area (Å²) in [6.07, 6.45) is 0. The van der Waals surface area contributed by atoms with E-state index in [2.05, 4.69) is 0 Å². The molecule has 2 heterocycles. The number of aryl methyl sites for hydroxylation is 1. The van der Waals surface area contributed by atoms with Gasteiger partial charge in [-0.3, -0.25) is 0 Å². The molecule has 0 N–H and O–H groups in total. The van der Waals surface area contributed by atoms with Gasteiger partial charge in [0.05, 0.1) is 0 Å². The Morgan fingerprint density at radius 3 is 2.55 bits per heavy atom. The molecule has 0 radical (unpaired) electrons. The SMILES string of the molecule is Cc1ccc(S(=O)(=O)N(C)Cc2ccc3c(c2)OCCO3)s1. The molecule has 3 rings (SSSR count). The fourth-order valence-corrected chi connectivity index (χ4v) is 4.89. The molecular formula is C15H17NO4S2. The first-order valence-corrected chi connectivity index (χ1v) is 9.14. The van der Waals surface area contributed by atoms with Crippen LogP contribution < -0.4 is 9.47 Å². The van der Waals surface area contributed by atoms with Crippen molar-refractivity contribution in [2.24, 2.45) is 0 Å². The second kappa shape index (κ2) is 5.91. The average Bonchev–Trinajstić information content (AvgIpc) is 2.94. The van der Waals surface area contributed by atoms with E-state index >= 15 is 0 Å². The van der Waals surface area contributed by atoms with Crippen LogP contribution in [0.25, 0.3) is 0 Å². The second-order valence-electron chi connectivity index (χ2n) is 5.10. The van der Waals surface area contributed by atoms with Gasteiger partial charge in [-0.25, -0.2) is 8.42 Å². The average molecular weight is 339 g/mol. The Balaban J connectivity index is 1.80. The van der Waals surface area contributed by atoms with Crippen LogP contribution in [0.1, 0.15) is 10.4 Å². The first-order chi connectivity index (χ1) is 10.5. The van der Waals surface area contributed by atoms with E-state index in [1.54, 1.807) is 13.1 Å². The van der Waals surface area contributed by atoms with E-state index in [1.165, 1.54) is 15.6 Å². The molecule has 0 fully saturated rings. The lowest BCUT2D eigenvalue weighted by atomic mass is 10.2. The molecule has 0 spiro atoms. The third kappa shape index (κ3) is 2.97. The Morgan fingerprint density at radius 2 is 1.86 bits per heavy atom. The monoisotopic (exact) mass is 339 g/mol. The van der Waals surface area contributed by atoms with Gasteiger partial charge in [0, 0.05) is 18.5 Å². The molecule has 0 saturated heterocycles. The van der Waals surface area contributed by atoms with Gasteiger partial charge in [-0.1, -0.05) is 6.07 Å². The van der Waals surface area contributed by atoms with Crippen LogP contribution in [0.2, 0.25) is 0 Å². The van der Waals surface area contributed by atoms with E-state index in [-0.39, 0.29) is 6.54 Å². The largest absolute Gasteiger partial charge is 0.486 e. The number of benzene rings is 1.